The Hall–Kier alpha value is -4.88. The highest BCUT2D eigenvalue weighted by Crippen LogP contribution is 2.37. The summed E-state index contributed by atoms with van der Waals surface area (Å²) in [6.07, 6.45) is 2.12. The van der Waals surface area contributed by atoms with Crippen molar-refractivity contribution < 1.29 is 23.1 Å². The van der Waals surface area contributed by atoms with Gasteiger partial charge in [0, 0.05) is 28.3 Å². The number of carbonyl (C=O) groups excluding carboxylic acids is 2. The van der Waals surface area contributed by atoms with Gasteiger partial charge in [0.05, 0.1) is 49.3 Å². The molecule has 1 saturated heterocycles. The number of nitriles is 1. The number of amides is 2. The van der Waals surface area contributed by atoms with Crippen molar-refractivity contribution in [2.24, 2.45) is 5.92 Å². The minimum atomic E-state index is -3.19. The Bertz CT molecular complexity index is 1690. The van der Waals surface area contributed by atoms with E-state index in [2.05, 4.69) is 16.5 Å². The first kappa shape index (κ1) is 27.3. The molecule has 1 N–H and O–H groups in total. The summed E-state index contributed by atoms with van der Waals surface area (Å²) < 4.78 is 36.9. The maximum absolute atomic E-state index is 15.1. The van der Waals surface area contributed by atoms with Crippen molar-refractivity contribution in [1.29, 1.82) is 5.26 Å². The van der Waals surface area contributed by atoms with E-state index in [1.54, 1.807) is 36.4 Å². The number of anilines is 2. The number of halogens is 2. The van der Waals surface area contributed by atoms with Crippen molar-refractivity contribution in [2.45, 2.75) is 31.9 Å². The van der Waals surface area contributed by atoms with Gasteiger partial charge in [0.2, 0.25) is 0 Å². The number of rotatable bonds is 7. The SMILES string of the molecule is C[C@H]1Cn2ncc(NC(=O)c3ccc(CC4COC4)c(C#N)c3)c2C(=O)N1c1ccc(C(F)(F)c2ccccc2)cc1. The van der Waals surface area contributed by atoms with E-state index in [4.69, 9.17) is 4.74 Å². The van der Waals surface area contributed by atoms with Gasteiger partial charge in [-0.25, -0.2) is 0 Å². The number of benzene rings is 3. The molecule has 2 aliphatic heterocycles. The summed E-state index contributed by atoms with van der Waals surface area (Å²) in [5.41, 5.74) is 2.12. The van der Waals surface area contributed by atoms with Crippen LogP contribution in [0.3, 0.4) is 0 Å². The van der Waals surface area contributed by atoms with Crippen molar-refractivity contribution in [1.82, 2.24) is 9.78 Å². The predicted molar refractivity (Wildman–Crippen MR) is 152 cm³/mol. The van der Waals surface area contributed by atoms with E-state index in [1.165, 1.54) is 52.2 Å². The van der Waals surface area contributed by atoms with Gasteiger partial charge in [-0.3, -0.25) is 14.3 Å². The minimum Gasteiger partial charge on any atom is -0.381 e. The van der Waals surface area contributed by atoms with E-state index in [-0.39, 0.29) is 34.1 Å². The largest absolute Gasteiger partial charge is 0.381 e. The van der Waals surface area contributed by atoms with Crippen LogP contribution in [0.2, 0.25) is 0 Å². The van der Waals surface area contributed by atoms with Crippen LogP contribution in [0.5, 0.6) is 0 Å². The van der Waals surface area contributed by atoms with Crippen LogP contribution < -0.4 is 10.2 Å². The Morgan fingerprint density at radius 1 is 1.10 bits per heavy atom. The zero-order chi connectivity index (χ0) is 29.4. The van der Waals surface area contributed by atoms with Crippen molar-refractivity contribution in [2.75, 3.05) is 23.4 Å². The third-order valence-corrected chi connectivity index (χ3v) is 7.74. The average Bonchev–Trinajstić information content (AvgIpc) is 3.37. The molecule has 212 valence electrons. The van der Waals surface area contributed by atoms with Gasteiger partial charge in [0.15, 0.2) is 0 Å². The second-order valence-electron chi connectivity index (χ2n) is 10.6. The fourth-order valence-electron chi connectivity index (χ4n) is 5.41. The van der Waals surface area contributed by atoms with Crippen molar-refractivity contribution in [3.63, 3.8) is 0 Å². The molecular weight excluding hydrogens is 540 g/mol. The first-order chi connectivity index (χ1) is 20.3. The van der Waals surface area contributed by atoms with E-state index in [9.17, 15) is 14.9 Å². The number of hydrogen-bond acceptors (Lipinski definition) is 5. The third kappa shape index (κ3) is 4.92. The second-order valence-corrected chi connectivity index (χ2v) is 10.6. The Labute approximate surface area is 241 Å². The van der Waals surface area contributed by atoms with Gasteiger partial charge in [0.1, 0.15) is 5.69 Å². The Balaban J connectivity index is 1.22. The summed E-state index contributed by atoms with van der Waals surface area (Å²) in [4.78, 5) is 28.4. The molecule has 0 aliphatic carbocycles. The summed E-state index contributed by atoms with van der Waals surface area (Å²) in [5, 5.41) is 16.7. The molecule has 0 spiro atoms. The molecule has 2 aliphatic rings. The Kier molecular flexibility index (Phi) is 7.04. The molecule has 3 aromatic carbocycles. The normalized spacial score (nSPS) is 16.9. The van der Waals surface area contributed by atoms with Gasteiger partial charge in [-0.15, -0.1) is 0 Å². The van der Waals surface area contributed by atoms with Crippen LogP contribution in [0, 0.1) is 17.2 Å². The summed E-state index contributed by atoms with van der Waals surface area (Å²) in [6.45, 7) is 3.51. The molecule has 10 heteroatoms. The van der Waals surface area contributed by atoms with Crippen LogP contribution in [-0.4, -0.2) is 40.9 Å². The molecule has 4 aromatic rings. The fraction of sp³-hybridized carbons (Fsp3) is 0.250. The first-order valence-electron chi connectivity index (χ1n) is 13.6. The minimum absolute atomic E-state index is 0.117. The molecular formula is C32H27F2N5O3. The average molecular weight is 568 g/mol. The maximum Gasteiger partial charge on any atom is 0.298 e. The lowest BCUT2D eigenvalue weighted by molar-refractivity contribution is -0.0312. The van der Waals surface area contributed by atoms with Crippen LogP contribution in [-0.2, 0) is 23.6 Å². The van der Waals surface area contributed by atoms with Gasteiger partial charge in [-0.05, 0) is 43.2 Å². The second kappa shape index (κ2) is 10.8. The van der Waals surface area contributed by atoms with Crippen LogP contribution in [0.4, 0.5) is 20.2 Å². The van der Waals surface area contributed by atoms with Crippen LogP contribution in [0.25, 0.3) is 0 Å². The van der Waals surface area contributed by atoms with E-state index in [0.29, 0.717) is 43.3 Å². The Morgan fingerprint density at radius 3 is 2.48 bits per heavy atom. The van der Waals surface area contributed by atoms with Gasteiger partial charge in [-0.2, -0.15) is 19.1 Å². The molecule has 0 bridgehead atoms. The van der Waals surface area contributed by atoms with Gasteiger partial charge < -0.3 is 15.0 Å². The zero-order valence-electron chi connectivity index (χ0n) is 22.8. The molecule has 6 rings (SSSR count). The van der Waals surface area contributed by atoms with Crippen LogP contribution in [0.1, 0.15) is 50.0 Å². The van der Waals surface area contributed by atoms with Crippen molar-refractivity contribution >= 4 is 23.2 Å². The molecule has 0 saturated carbocycles. The monoisotopic (exact) mass is 567 g/mol. The van der Waals surface area contributed by atoms with Gasteiger partial charge >= 0.3 is 0 Å². The molecule has 1 atom stereocenters. The topological polar surface area (TPSA) is 100 Å². The molecule has 3 heterocycles. The summed E-state index contributed by atoms with van der Waals surface area (Å²) in [5.74, 6) is -3.72. The highest BCUT2D eigenvalue weighted by atomic mass is 19.3. The van der Waals surface area contributed by atoms with Crippen molar-refractivity contribution in [3.8, 4) is 6.07 Å². The number of fused-ring (bicyclic) bond motifs is 1. The molecule has 8 nitrogen and oxygen atoms in total. The van der Waals surface area contributed by atoms with E-state index in [1.807, 2.05) is 6.92 Å². The number of nitrogens with zero attached hydrogens (tertiary/aromatic N) is 4. The van der Waals surface area contributed by atoms with Gasteiger partial charge in [0.25, 0.3) is 17.7 Å². The molecule has 0 unspecified atom stereocenters. The van der Waals surface area contributed by atoms with E-state index >= 15 is 8.78 Å². The number of nitrogens with one attached hydrogen (secondary N) is 1. The van der Waals surface area contributed by atoms with Gasteiger partial charge in [-0.1, -0.05) is 48.5 Å². The standard InChI is InChI=1S/C32H27F2N5O3/c1-20-17-38-29(31(41)39(20)27-11-9-26(10-12-27)32(33,34)25-5-3-2-4-6-25)28(16-36-38)37-30(40)23-8-7-22(24(14-23)15-35)13-21-18-42-19-21/h2-12,14,16,20-21H,13,17-19H2,1H3,(H,37,40)/t20-/m0/s1. The summed E-state index contributed by atoms with van der Waals surface area (Å²) in [6, 6.07) is 20.0. The first-order valence-corrected chi connectivity index (χ1v) is 13.6. The number of hydrogen-bond donors (Lipinski definition) is 1. The third-order valence-electron chi connectivity index (χ3n) is 7.74. The molecule has 0 radical (unpaired) electrons. The Morgan fingerprint density at radius 2 is 1.81 bits per heavy atom. The lowest BCUT2D eigenvalue weighted by Crippen LogP contribution is -2.47. The van der Waals surface area contributed by atoms with Crippen molar-refractivity contribution in [3.05, 3.63) is 113 Å². The highest BCUT2D eigenvalue weighted by molar-refractivity contribution is 6.13. The molecule has 1 aromatic heterocycles. The predicted octanol–water partition coefficient (Wildman–Crippen LogP) is 5.38. The number of alkyl halides is 2. The smallest absolute Gasteiger partial charge is 0.298 e. The summed E-state index contributed by atoms with van der Waals surface area (Å²) >= 11 is 0. The summed E-state index contributed by atoms with van der Waals surface area (Å²) in [7, 11) is 0. The number of aromatic nitrogens is 2. The maximum atomic E-state index is 15.1. The fourth-order valence-corrected chi connectivity index (χ4v) is 5.41. The lowest BCUT2D eigenvalue weighted by Gasteiger charge is -2.34. The van der Waals surface area contributed by atoms with Crippen LogP contribution >= 0.6 is 0 Å². The van der Waals surface area contributed by atoms with E-state index in [0.717, 1.165) is 5.56 Å². The van der Waals surface area contributed by atoms with Crippen LogP contribution in [0.15, 0.2) is 79.0 Å². The number of ether oxygens (including phenoxy) is 1. The molecule has 42 heavy (non-hydrogen) atoms. The molecule has 2 amide bonds. The van der Waals surface area contributed by atoms with E-state index < -0.39 is 17.7 Å². The highest BCUT2D eigenvalue weighted by Gasteiger charge is 2.37. The zero-order valence-corrected chi connectivity index (χ0v) is 22.8. The molecule has 1 fully saturated rings. The number of carbonyl (C=O) groups is 2. The lowest BCUT2D eigenvalue weighted by atomic mass is 9.93. The quantitative estimate of drug-likeness (QED) is 0.323.